The number of aliphatic imine (C=N–C) groups is 1. The number of hydrogen-bond acceptors (Lipinski definition) is 3. The molecule has 5 nitrogen and oxygen atoms in total. The maximum atomic E-state index is 5.82. The van der Waals surface area contributed by atoms with Crippen molar-refractivity contribution in [3.8, 4) is 0 Å². The molecule has 1 saturated carbocycles. The molecule has 0 saturated heterocycles. The second-order valence-corrected chi connectivity index (χ2v) is 7.24. The fourth-order valence-electron chi connectivity index (χ4n) is 3.23. The number of ether oxygens (including phenoxy) is 2. The molecule has 24 heavy (non-hydrogen) atoms. The van der Waals surface area contributed by atoms with Crippen molar-refractivity contribution in [2.45, 2.75) is 65.9 Å². The summed E-state index contributed by atoms with van der Waals surface area (Å²) in [5.41, 5.74) is 0.365. The van der Waals surface area contributed by atoms with Gasteiger partial charge < -0.3 is 20.1 Å². The van der Waals surface area contributed by atoms with Crippen molar-refractivity contribution >= 4 is 5.96 Å². The molecule has 1 unspecified atom stereocenters. The van der Waals surface area contributed by atoms with Crippen LogP contribution in [0.1, 0.15) is 59.8 Å². The molecular weight excluding hydrogens is 302 g/mol. The Morgan fingerprint density at radius 1 is 1.21 bits per heavy atom. The summed E-state index contributed by atoms with van der Waals surface area (Å²) in [4.78, 5) is 4.85. The first-order valence-corrected chi connectivity index (χ1v) is 9.69. The highest BCUT2D eigenvalue weighted by molar-refractivity contribution is 5.79. The van der Waals surface area contributed by atoms with Crippen LogP contribution in [0, 0.1) is 11.3 Å². The van der Waals surface area contributed by atoms with Crippen LogP contribution >= 0.6 is 0 Å². The average Bonchev–Trinajstić information content (AvgIpc) is 2.52. The second-order valence-electron chi connectivity index (χ2n) is 7.24. The zero-order valence-corrected chi connectivity index (χ0v) is 16.5. The molecular formula is C19H39N3O2. The third-order valence-corrected chi connectivity index (χ3v) is 5.01. The third kappa shape index (κ3) is 7.39. The normalized spacial score (nSPS) is 18.3. The van der Waals surface area contributed by atoms with E-state index in [1.54, 1.807) is 7.11 Å². The van der Waals surface area contributed by atoms with Gasteiger partial charge in [-0.15, -0.1) is 0 Å². The molecule has 0 aromatic heterocycles. The molecule has 0 spiro atoms. The minimum absolute atomic E-state index is 0.310. The summed E-state index contributed by atoms with van der Waals surface area (Å²) in [6.07, 6.45) is 6.31. The van der Waals surface area contributed by atoms with Crippen molar-refractivity contribution in [2.24, 2.45) is 16.3 Å². The Morgan fingerprint density at radius 3 is 2.46 bits per heavy atom. The Balaban J connectivity index is 2.47. The predicted octanol–water partition coefficient (Wildman–Crippen LogP) is 3.20. The molecule has 0 aliphatic heterocycles. The highest BCUT2D eigenvalue weighted by Crippen LogP contribution is 2.44. The van der Waals surface area contributed by atoms with Crippen molar-refractivity contribution in [1.82, 2.24) is 10.6 Å². The summed E-state index contributed by atoms with van der Waals surface area (Å²) in [6.45, 7) is 12.9. The summed E-state index contributed by atoms with van der Waals surface area (Å²) in [5.74, 6) is 1.47. The Kier molecular flexibility index (Phi) is 10.3. The van der Waals surface area contributed by atoms with Crippen molar-refractivity contribution in [1.29, 1.82) is 0 Å². The minimum Gasteiger partial charge on any atom is -0.385 e. The first-order valence-electron chi connectivity index (χ1n) is 9.69. The van der Waals surface area contributed by atoms with E-state index < -0.39 is 0 Å². The molecule has 5 heteroatoms. The van der Waals surface area contributed by atoms with Crippen LogP contribution in [0.4, 0.5) is 0 Å². The molecule has 1 atom stereocenters. The molecule has 0 aromatic rings. The van der Waals surface area contributed by atoms with E-state index in [4.69, 9.17) is 14.5 Å². The van der Waals surface area contributed by atoms with Gasteiger partial charge in [-0.2, -0.15) is 0 Å². The lowest BCUT2D eigenvalue weighted by molar-refractivity contribution is 0.0258. The summed E-state index contributed by atoms with van der Waals surface area (Å²) >= 11 is 0. The number of rotatable bonds is 12. The molecule has 1 fully saturated rings. The third-order valence-electron chi connectivity index (χ3n) is 5.01. The zero-order valence-electron chi connectivity index (χ0n) is 16.5. The predicted molar refractivity (Wildman–Crippen MR) is 102 cm³/mol. The van der Waals surface area contributed by atoms with Crippen LogP contribution in [-0.4, -0.2) is 52.0 Å². The standard InChI is InChI=1S/C19H39N3O2/c1-6-20-18(21-13-9-17(16(3)4)24-7-2)22-15-19(10-8-11-19)12-14-23-5/h16-17H,6-15H2,1-5H3,(H2,20,21,22). The van der Waals surface area contributed by atoms with Gasteiger partial charge in [-0.25, -0.2) is 0 Å². The second kappa shape index (κ2) is 11.7. The molecule has 0 bridgehead atoms. The van der Waals surface area contributed by atoms with Gasteiger partial charge in [0.15, 0.2) is 5.96 Å². The zero-order chi connectivity index (χ0) is 17.8. The molecule has 1 aliphatic carbocycles. The van der Waals surface area contributed by atoms with E-state index >= 15 is 0 Å². The number of nitrogens with zero attached hydrogens (tertiary/aromatic N) is 1. The number of methoxy groups -OCH3 is 1. The van der Waals surface area contributed by atoms with E-state index in [2.05, 4.69) is 38.3 Å². The van der Waals surface area contributed by atoms with Crippen LogP contribution in [0.5, 0.6) is 0 Å². The number of nitrogens with one attached hydrogen (secondary N) is 2. The van der Waals surface area contributed by atoms with Crippen molar-refractivity contribution < 1.29 is 9.47 Å². The van der Waals surface area contributed by atoms with E-state index in [1.165, 1.54) is 19.3 Å². The van der Waals surface area contributed by atoms with Gasteiger partial charge in [0, 0.05) is 40.0 Å². The monoisotopic (exact) mass is 341 g/mol. The molecule has 0 heterocycles. The smallest absolute Gasteiger partial charge is 0.191 e. The molecule has 0 aromatic carbocycles. The van der Waals surface area contributed by atoms with Crippen molar-refractivity contribution in [2.75, 3.05) is 40.0 Å². The van der Waals surface area contributed by atoms with Crippen LogP contribution in [0.3, 0.4) is 0 Å². The van der Waals surface area contributed by atoms with E-state index in [9.17, 15) is 0 Å². The van der Waals surface area contributed by atoms with Gasteiger partial charge in [0.05, 0.1) is 6.10 Å². The van der Waals surface area contributed by atoms with E-state index in [-0.39, 0.29) is 0 Å². The lowest BCUT2D eigenvalue weighted by Crippen LogP contribution is -2.41. The highest BCUT2D eigenvalue weighted by Gasteiger charge is 2.36. The van der Waals surface area contributed by atoms with Gasteiger partial charge in [-0.1, -0.05) is 20.3 Å². The maximum absolute atomic E-state index is 5.82. The van der Waals surface area contributed by atoms with Gasteiger partial charge in [0.25, 0.3) is 0 Å². The summed E-state index contributed by atoms with van der Waals surface area (Å²) in [6, 6.07) is 0. The Labute approximate surface area is 149 Å². The van der Waals surface area contributed by atoms with E-state index in [0.29, 0.717) is 17.4 Å². The van der Waals surface area contributed by atoms with Crippen LogP contribution in [0.15, 0.2) is 4.99 Å². The molecule has 0 amide bonds. The fraction of sp³-hybridized carbons (Fsp3) is 0.947. The van der Waals surface area contributed by atoms with Crippen molar-refractivity contribution in [3.63, 3.8) is 0 Å². The van der Waals surface area contributed by atoms with Gasteiger partial charge in [0.2, 0.25) is 0 Å². The van der Waals surface area contributed by atoms with Gasteiger partial charge in [-0.3, -0.25) is 4.99 Å². The van der Waals surface area contributed by atoms with Crippen LogP contribution in [-0.2, 0) is 9.47 Å². The molecule has 2 N–H and O–H groups in total. The molecule has 1 rings (SSSR count). The van der Waals surface area contributed by atoms with E-state index in [1.807, 2.05) is 0 Å². The largest absolute Gasteiger partial charge is 0.385 e. The van der Waals surface area contributed by atoms with Gasteiger partial charge in [0.1, 0.15) is 0 Å². The Bertz CT molecular complexity index is 355. The summed E-state index contributed by atoms with van der Waals surface area (Å²) in [7, 11) is 1.78. The lowest BCUT2D eigenvalue weighted by Gasteiger charge is -2.40. The first-order chi connectivity index (χ1) is 11.6. The van der Waals surface area contributed by atoms with Crippen molar-refractivity contribution in [3.05, 3.63) is 0 Å². The van der Waals surface area contributed by atoms with Crippen LogP contribution in [0.2, 0.25) is 0 Å². The van der Waals surface area contributed by atoms with Gasteiger partial charge in [-0.05, 0) is 50.9 Å². The summed E-state index contributed by atoms with van der Waals surface area (Å²) in [5, 5.41) is 6.83. The molecule has 0 radical (unpaired) electrons. The lowest BCUT2D eigenvalue weighted by atomic mass is 9.67. The molecule has 1 aliphatic rings. The quantitative estimate of drug-likeness (QED) is 0.423. The maximum Gasteiger partial charge on any atom is 0.191 e. The van der Waals surface area contributed by atoms with Crippen LogP contribution < -0.4 is 10.6 Å². The first kappa shape index (κ1) is 21.2. The molecule has 142 valence electrons. The number of hydrogen-bond donors (Lipinski definition) is 2. The van der Waals surface area contributed by atoms with Crippen LogP contribution in [0.25, 0.3) is 0 Å². The fourth-order valence-corrected chi connectivity index (χ4v) is 3.23. The Hall–Kier alpha value is -0.810. The van der Waals surface area contributed by atoms with Gasteiger partial charge >= 0.3 is 0 Å². The minimum atomic E-state index is 0.310. The number of guanidine groups is 1. The topological polar surface area (TPSA) is 54.9 Å². The SMILES string of the molecule is CCNC(=NCC1(CCOC)CCC1)NCCC(OCC)C(C)C. The summed E-state index contributed by atoms with van der Waals surface area (Å²) < 4.78 is 11.1. The average molecular weight is 342 g/mol. The van der Waals surface area contributed by atoms with E-state index in [0.717, 1.165) is 51.6 Å². The Morgan fingerprint density at radius 2 is 1.96 bits per heavy atom. The highest BCUT2D eigenvalue weighted by atomic mass is 16.5.